The summed E-state index contributed by atoms with van der Waals surface area (Å²) in [6.07, 6.45) is 3.57. The molecular weight excluding hydrogens is 444 g/mol. The molecule has 2 heterocycles. The van der Waals surface area contributed by atoms with Crippen molar-refractivity contribution in [2.75, 3.05) is 13.2 Å². The highest BCUT2D eigenvalue weighted by molar-refractivity contribution is 5.92. The molecule has 2 N–H and O–H groups in total. The smallest absolute Gasteiger partial charge is 0.407 e. The fourth-order valence-electron chi connectivity index (χ4n) is 6.03. The van der Waals surface area contributed by atoms with Gasteiger partial charge >= 0.3 is 12.1 Å². The van der Waals surface area contributed by atoms with Crippen LogP contribution in [-0.2, 0) is 14.3 Å². The van der Waals surface area contributed by atoms with E-state index in [0.717, 1.165) is 35.1 Å². The maximum atomic E-state index is 13.5. The van der Waals surface area contributed by atoms with Crippen molar-refractivity contribution in [3.8, 4) is 11.1 Å². The Morgan fingerprint density at radius 2 is 1.69 bits per heavy atom. The zero-order valence-corrected chi connectivity index (χ0v) is 19.6. The normalized spacial score (nSPS) is 23.2. The first-order valence-electron chi connectivity index (χ1n) is 12.2. The number of hydrogen-bond acceptors (Lipinski definition) is 4. The maximum absolute atomic E-state index is 13.5. The summed E-state index contributed by atoms with van der Waals surface area (Å²) in [4.78, 5) is 39.9. The highest BCUT2D eigenvalue weighted by Gasteiger charge is 2.54. The van der Waals surface area contributed by atoms with E-state index in [2.05, 4.69) is 24.0 Å². The number of ether oxygens (including phenoxy) is 1. The van der Waals surface area contributed by atoms with E-state index in [-0.39, 0.29) is 24.9 Å². The van der Waals surface area contributed by atoms with Crippen molar-refractivity contribution in [3.63, 3.8) is 0 Å². The van der Waals surface area contributed by atoms with Crippen molar-refractivity contribution in [1.82, 2.24) is 10.2 Å². The number of aliphatic carboxylic acids is 1. The number of nitrogens with zero attached hydrogens (tertiary/aromatic N) is 1. The van der Waals surface area contributed by atoms with E-state index in [9.17, 15) is 19.5 Å². The van der Waals surface area contributed by atoms with E-state index < -0.39 is 23.6 Å². The van der Waals surface area contributed by atoms with Crippen LogP contribution < -0.4 is 5.32 Å². The Morgan fingerprint density at radius 1 is 1.09 bits per heavy atom. The predicted octanol–water partition coefficient (Wildman–Crippen LogP) is 4.33. The second-order valence-electron chi connectivity index (χ2n) is 9.78. The van der Waals surface area contributed by atoms with Crippen molar-refractivity contribution in [2.24, 2.45) is 5.92 Å². The summed E-state index contributed by atoms with van der Waals surface area (Å²) in [5.41, 5.74) is 3.29. The average molecular weight is 475 g/mol. The van der Waals surface area contributed by atoms with Crippen molar-refractivity contribution in [1.29, 1.82) is 0 Å². The molecular formula is C28H30N2O5. The summed E-state index contributed by atoms with van der Waals surface area (Å²) in [6, 6.07) is 15.2. The van der Waals surface area contributed by atoms with E-state index in [0.29, 0.717) is 25.3 Å². The molecule has 4 aliphatic rings. The van der Waals surface area contributed by atoms with E-state index >= 15 is 0 Å². The number of carbonyl (C=O) groups excluding carboxylic acids is 2. The third-order valence-electron chi connectivity index (χ3n) is 7.89. The van der Waals surface area contributed by atoms with Gasteiger partial charge < -0.3 is 20.1 Å². The highest BCUT2D eigenvalue weighted by atomic mass is 16.5. The van der Waals surface area contributed by atoms with Crippen LogP contribution in [0.5, 0.6) is 0 Å². The Morgan fingerprint density at radius 3 is 2.26 bits per heavy atom. The maximum Gasteiger partial charge on any atom is 0.407 e. The van der Waals surface area contributed by atoms with Gasteiger partial charge in [0.2, 0.25) is 5.91 Å². The first kappa shape index (κ1) is 23.1. The number of alkyl carbamates (subject to hydrolysis) is 1. The molecule has 0 radical (unpaired) electrons. The number of carbonyl (C=O) groups is 3. The number of fused-ring (bicyclic) bond motifs is 6. The number of carboxylic acids is 1. The fraction of sp³-hybridized carbons (Fsp3) is 0.393. The Kier molecular flexibility index (Phi) is 6.09. The lowest BCUT2D eigenvalue weighted by molar-refractivity contribution is -0.171. The lowest BCUT2D eigenvalue weighted by Crippen LogP contribution is -2.67. The Balaban J connectivity index is 1.28. The number of hydrogen-bond donors (Lipinski definition) is 2. The third kappa shape index (κ3) is 3.99. The molecule has 2 amide bonds. The Bertz CT molecular complexity index is 1120. The topological polar surface area (TPSA) is 95.9 Å². The summed E-state index contributed by atoms with van der Waals surface area (Å²) >= 11 is 0. The van der Waals surface area contributed by atoms with Gasteiger partial charge in [0.05, 0.1) is 0 Å². The Hall–Kier alpha value is -3.61. The number of benzene rings is 2. The van der Waals surface area contributed by atoms with Crippen LogP contribution in [0.4, 0.5) is 4.79 Å². The van der Waals surface area contributed by atoms with Gasteiger partial charge in [0.1, 0.15) is 18.2 Å². The van der Waals surface area contributed by atoms with Gasteiger partial charge in [-0.15, -0.1) is 6.58 Å². The molecule has 2 aliphatic heterocycles. The molecule has 7 nitrogen and oxygen atoms in total. The van der Waals surface area contributed by atoms with Crippen molar-refractivity contribution < 1.29 is 24.2 Å². The average Bonchev–Trinajstić information content (AvgIpc) is 3.21. The molecule has 3 fully saturated rings. The van der Waals surface area contributed by atoms with Gasteiger partial charge in [-0.2, -0.15) is 0 Å². The second-order valence-corrected chi connectivity index (χ2v) is 9.78. The molecule has 7 heteroatoms. The van der Waals surface area contributed by atoms with Crippen molar-refractivity contribution in [2.45, 2.75) is 49.6 Å². The van der Waals surface area contributed by atoms with Gasteiger partial charge in [-0.25, -0.2) is 9.59 Å². The number of rotatable bonds is 7. The number of piperidine rings is 2. The standard InChI is InChI=1S/C28H30N2O5/c1-2-7-24(25(31)30-16-18-12-14-28(30,15-13-18)26(32)33)29-27(34)35-17-23-21-10-5-3-8-19(21)20-9-4-6-11-22(20)23/h2-6,8-11,18,23-24H,1,7,12-17H2,(H,29,34)(H,32,33). The minimum absolute atomic E-state index is 0.0881. The molecule has 1 atom stereocenters. The molecule has 1 unspecified atom stereocenters. The molecule has 6 rings (SSSR count). The summed E-state index contributed by atoms with van der Waals surface area (Å²) in [6.45, 7) is 4.26. The molecule has 35 heavy (non-hydrogen) atoms. The zero-order valence-electron chi connectivity index (χ0n) is 19.6. The van der Waals surface area contributed by atoms with Crippen molar-refractivity contribution in [3.05, 3.63) is 72.3 Å². The first-order valence-corrected chi connectivity index (χ1v) is 12.2. The lowest BCUT2D eigenvalue weighted by atomic mass is 9.70. The molecule has 2 bridgehead atoms. The second kappa shape index (κ2) is 9.21. The third-order valence-corrected chi connectivity index (χ3v) is 7.89. The van der Waals surface area contributed by atoms with Gasteiger partial charge in [0, 0.05) is 12.5 Å². The van der Waals surface area contributed by atoms with Crippen LogP contribution in [0.2, 0.25) is 0 Å². The van der Waals surface area contributed by atoms with Gasteiger partial charge in [-0.3, -0.25) is 4.79 Å². The summed E-state index contributed by atoms with van der Waals surface area (Å²) < 4.78 is 5.62. The fourth-order valence-corrected chi connectivity index (χ4v) is 6.03. The van der Waals surface area contributed by atoms with Crippen LogP contribution in [0.1, 0.15) is 49.1 Å². The largest absolute Gasteiger partial charge is 0.479 e. The van der Waals surface area contributed by atoms with E-state index in [1.165, 1.54) is 4.90 Å². The van der Waals surface area contributed by atoms with Crippen molar-refractivity contribution >= 4 is 18.0 Å². The predicted molar refractivity (Wildman–Crippen MR) is 131 cm³/mol. The van der Waals surface area contributed by atoms with Crippen LogP contribution in [-0.4, -0.2) is 52.7 Å². The molecule has 0 spiro atoms. The molecule has 2 aromatic carbocycles. The van der Waals surface area contributed by atoms with Crippen LogP contribution in [0.25, 0.3) is 11.1 Å². The summed E-state index contributed by atoms with van der Waals surface area (Å²) in [5, 5.41) is 12.7. The summed E-state index contributed by atoms with van der Waals surface area (Å²) in [7, 11) is 0. The summed E-state index contributed by atoms with van der Waals surface area (Å²) in [5.74, 6) is -1.14. The molecule has 2 saturated heterocycles. The number of carboxylic acid groups (broad SMARTS) is 1. The monoisotopic (exact) mass is 474 g/mol. The lowest BCUT2D eigenvalue weighted by Gasteiger charge is -2.52. The minimum atomic E-state index is -1.19. The van der Waals surface area contributed by atoms with Gasteiger partial charge in [0.25, 0.3) is 0 Å². The Labute approximate surface area is 204 Å². The van der Waals surface area contributed by atoms with Gasteiger partial charge in [-0.1, -0.05) is 54.6 Å². The van der Waals surface area contributed by atoms with E-state index in [1.54, 1.807) is 6.08 Å². The first-order chi connectivity index (χ1) is 16.9. The van der Waals surface area contributed by atoms with Crippen LogP contribution in [0, 0.1) is 5.92 Å². The molecule has 2 aliphatic carbocycles. The minimum Gasteiger partial charge on any atom is -0.479 e. The van der Waals surface area contributed by atoms with E-state index in [4.69, 9.17) is 4.74 Å². The molecule has 2 aromatic rings. The quantitative estimate of drug-likeness (QED) is 0.583. The van der Waals surface area contributed by atoms with Crippen LogP contribution in [0.3, 0.4) is 0 Å². The van der Waals surface area contributed by atoms with E-state index in [1.807, 2.05) is 36.4 Å². The van der Waals surface area contributed by atoms with Crippen LogP contribution in [0.15, 0.2) is 61.2 Å². The zero-order chi connectivity index (χ0) is 24.6. The highest BCUT2D eigenvalue weighted by Crippen LogP contribution is 2.45. The molecule has 182 valence electrons. The van der Waals surface area contributed by atoms with Gasteiger partial charge in [-0.05, 0) is 60.3 Å². The van der Waals surface area contributed by atoms with Crippen LogP contribution >= 0.6 is 0 Å². The number of amides is 2. The van der Waals surface area contributed by atoms with Gasteiger partial charge in [0.15, 0.2) is 0 Å². The number of nitrogens with one attached hydrogen (secondary N) is 1. The molecule has 0 aromatic heterocycles. The molecule has 1 saturated carbocycles. The SMILES string of the molecule is C=CCC(NC(=O)OCC1c2ccccc2-c2ccccc21)C(=O)N1CC2CCC1(C(=O)O)CC2.